The van der Waals surface area contributed by atoms with Gasteiger partial charge < -0.3 is 10.4 Å². The molecule has 2 aromatic heterocycles. The maximum Gasteiger partial charge on any atom is 0.153 e. The van der Waals surface area contributed by atoms with Crippen LogP contribution in [0.3, 0.4) is 0 Å². The van der Waals surface area contributed by atoms with Gasteiger partial charge in [0.15, 0.2) is 5.82 Å². The fourth-order valence-corrected chi connectivity index (χ4v) is 2.94. The van der Waals surface area contributed by atoms with Crippen LogP contribution in [0, 0.1) is 5.82 Å². The third-order valence-electron chi connectivity index (χ3n) is 3.46. The summed E-state index contributed by atoms with van der Waals surface area (Å²) in [5.74, 6) is 0.0938. The summed E-state index contributed by atoms with van der Waals surface area (Å²) in [5, 5.41) is 16.8. The maximum atomic E-state index is 13.7. The number of anilines is 1. The van der Waals surface area contributed by atoms with Crippen molar-refractivity contribution in [3.63, 3.8) is 0 Å². The topological polar surface area (TPSA) is 62.5 Å². The fourth-order valence-electron chi connectivity index (χ4n) is 2.36. The summed E-state index contributed by atoms with van der Waals surface area (Å²) in [6.07, 6.45) is 5.42. The van der Waals surface area contributed by atoms with E-state index >= 15 is 0 Å². The number of aliphatic hydroxyl groups is 1. The van der Waals surface area contributed by atoms with Crippen molar-refractivity contribution in [1.29, 1.82) is 0 Å². The van der Waals surface area contributed by atoms with Crippen LogP contribution in [0.4, 0.5) is 10.2 Å². The van der Waals surface area contributed by atoms with Gasteiger partial charge in [-0.25, -0.2) is 13.9 Å². The molecule has 8 heteroatoms. The van der Waals surface area contributed by atoms with Gasteiger partial charge in [0.2, 0.25) is 0 Å². The van der Waals surface area contributed by atoms with E-state index in [4.69, 9.17) is 11.6 Å². The van der Waals surface area contributed by atoms with Gasteiger partial charge in [0.05, 0.1) is 21.7 Å². The molecule has 1 unspecified atom stereocenters. The predicted molar refractivity (Wildman–Crippen MR) is 90.2 cm³/mol. The van der Waals surface area contributed by atoms with Gasteiger partial charge in [0.25, 0.3) is 0 Å². The summed E-state index contributed by atoms with van der Waals surface area (Å²) in [5.41, 5.74) is 1.45. The highest BCUT2D eigenvalue weighted by Gasteiger charge is 2.16. The smallest absolute Gasteiger partial charge is 0.153 e. The van der Waals surface area contributed by atoms with Gasteiger partial charge in [0.1, 0.15) is 11.3 Å². The van der Waals surface area contributed by atoms with Crippen molar-refractivity contribution in [3.05, 3.63) is 57.7 Å². The van der Waals surface area contributed by atoms with E-state index in [1.54, 1.807) is 29.2 Å². The van der Waals surface area contributed by atoms with E-state index in [1.165, 1.54) is 12.1 Å². The molecule has 23 heavy (non-hydrogen) atoms. The summed E-state index contributed by atoms with van der Waals surface area (Å²) in [7, 11) is 0. The number of benzene rings is 1. The first kappa shape index (κ1) is 16.2. The molecule has 0 saturated heterocycles. The normalized spacial score (nSPS) is 12.5. The zero-order valence-electron chi connectivity index (χ0n) is 11.9. The van der Waals surface area contributed by atoms with Crippen molar-refractivity contribution in [2.75, 3.05) is 11.9 Å². The van der Waals surface area contributed by atoms with Crippen molar-refractivity contribution in [2.45, 2.75) is 12.5 Å². The Hall–Kier alpha value is -1.70. The SMILES string of the molecule is OCCC(Nc1nccn2ncc(Br)c12)c1ccc(Cl)c(F)c1. The summed E-state index contributed by atoms with van der Waals surface area (Å²) >= 11 is 9.17. The zero-order valence-corrected chi connectivity index (χ0v) is 14.2. The molecule has 3 aromatic rings. The highest BCUT2D eigenvalue weighted by molar-refractivity contribution is 9.10. The van der Waals surface area contributed by atoms with Crippen LogP contribution in [-0.4, -0.2) is 26.3 Å². The molecule has 0 saturated carbocycles. The van der Waals surface area contributed by atoms with E-state index in [-0.39, 0.29) is 17.7 Å². The van der Waals surface area contributed by atoms with Crippen molar-refractivity contribution < 1.29 is 9.50 Å². The Morgan fingerprint density at radius 3 is 3.00 bits per heavy atom. The lowest BCUT2D eigenvalue weighted by molar-refractivity contribution is 0.280. The van der Waals surface area contributed by atoms with Crippen LogP contribution in [0.5, 0.6) is 0 Å². The Morgan fingerprint density at radius 2 is 2.26 bits per heavy atom. The predicted octanol–water partition coefficient (Wildman–Crippen LogP) is 3.82. The molecule has 0 aliphatic rings. The highest BCUT2D eigenvalue weighted by Crippen LogP contribution is 2.29. The van der Waals surface area contributed by atoms with E-state index in [0.29, 0.717) is 17.8 Å². The molecule has 1 atom stereocenters. The number of aromatic nitrogens is 3. The third-order valence-corrected chi connectivity index (χ3v) is 4.35. The number of aliphatic hydroxyl groups excluding tert-OH is 1. The minimum Gasteiger partial charge on any atom is -0.396 e. The van der Waals surface area contributed by atoms with Gasteiger partial charge in [-0.05, 0) is 40.0 Å². The van der Waals surface area contributed by atoms with Gasteiger partial charge in [-0.2, -0.15) is 5.10 Å². The minimum absolute atomic E-state index is 0.0501. The molecule has 120 valence electrons. The molecule has 2 N–H and O–H groups in total. The van der Waals surface area contributed by atoms with E-state index in [2.05, 4.69) is 31.3 Å². The van der Waals surface area contributed by atoms with Crippen molar-refractivity contribution in [3.8, 4) is 0 Å². The fraction of sp³-hybridized carbons (Fsp3) is 0.200. The molecule has 0 aliphatic carbocycles. The lowest BCUT2D eigenvalue weighted by Gasteiger charge is -2.20. The molecule has 0 bridgehead atoms. The zero-order chi connectivity index (χ0) is 16.4. The second-order valence-electron chi connectivity index (χ2n) is 4.94. The lowest BCUT2D eigenvalue weighted by Crippen LogP contribution is -2.14. The summed E-state index contributed by atoms with van der Waals surface area (Å²) in [4.78, 5) is 4.32. The lowest BCUT2D eigenvalue weighted by atomic mass is 10.0. The van der Waals surface area contributed by atoms with Gasteiger partial charge in [-0.3, -0.25) is 0 Å². The number of hydrogen-bond acceptors (Lipinski definition) is 4. The average Bonchev–Trinajstić information content (AvgIpc) is 2.92. The van der Waals surface area contributed by atoms with Crippen LogP contribution >= 0.6 is 27.5 Å². The number of nitrogens with one attached hydrogen (secondary N) is 1. The standard InChI is InChI=1S/C15H13BrClFN4O/c16-10-8-20-22-5-4-19-15(14(10)22)21-13(3-6-23)9-1-2-11(17)12(18)7-9/h1-2,4-5,7-8,13,23H,3,6H2,(H,19,21). The highest BCUT2D eigenvalue weighted by atomic mass is 79.9. The first-order valence-electron chi connectivity index (χ1n) is 6.90. The molecule has 0 fully saturated rings. The average molecular weight is 400 g/mol. The Bertz CT molecular complexity index is 841. The van der Waals surface area contributed by atoms with Crippen LogP contribution in [-0.2, 0) is 0 Å². The number of hydrogen-bond donors (Lipinski definition) is 2. The van der Waals surface area contributed by atoms with E-state index in [9.17, 15) is 9.50 Å². The Morgan fingerprint density at radius 1 is 1.43 bits per heavy atom. The largest absolute Gasteiger partial charge is 0.396 e. The minimum atomic E-state index is -0.495. The van der Waals surface area contributed by atoms with Gasteiger partial charge in [0, 0.05) is 19.0 Å². The van der Waals surface area contributed by atoms with Crippen LogP contribution in [0.15, 0.2) is 41.3 Å². The van der Waals surface area contributed by atoms with E-state index in [0.717, 1.165) is 9.99 Å². The summed E-state index contributed by atoms with van der Waals surface area (Å²) < 4.78 is 16.2. The molecule has 5 nitrogen and oxygen atoms in total. The molecule has 0 amide bonds. The van der Waals surface area contributed by atoms with Crippen molar-refractivity contribution in [2.24, 2.45) is 0 Å². The molecule has 0 radical (unpaired) electrons. The monoisotopic (exact) mass is 398 g/mol. The van der Waals surface area contributed by atoms with E-state index < -0.39 is 5.82 Å². The van der Waals surface area contributed by atoms with Gasteiger partial charge in [-0.1, -0.05) is 17.7 Å². The molecular formula is C15H13BrClFN4O. The van der Waals surface area contributed by atoms with Crippen LogP contribution < -0.4 is 5.32 Å². The maximum absolute atomic E-state index is 13.7. The van der Waals surface area contributed by atoms with Crippen molar-refractivity contribution >= 4 is 38.9 Å². The first-order valence-corrected chi connectivity index (χ1v) is 8.07. The van der Waals surface area contributed by atoms with Crippen LogP contribution in [0.1, 0.15) is 18.0 Å². The van der Waals surface area contributed by atoms with Crippen LogP contribution in [0.25, 0.3) is 5.52 Å². The Balaban J connectivity index is 1.98. The van der Waals surface area contributed by atoms with Crippen LogP contribution in [0.2, 0.25) is 5.02 Å². The van der Waals surface area contributed by atoms with Gasteiger partial charge in [-0.15, -0.1) is 0 Å². The molecule has 0 aliphatic heterocycles. The van der Waals surface area contributed by atoms with Gasteiger partial charge >= 0.3 is 0 Å². The van der Waals surface area contributed by atoms with E-state index in [1.807, 2.05) is 0 Å². The quantitative estimate of drug-likeness (QED) is 0.685. The molecule has 2 heterocycles. The molecule has 3 rings (SSSR count). The summed E-state index contributed by atoms with van der Waals surface area (Å²) in [6, 6.07) is 4.28. The Kier molecular flexibility index (Phi) is 4.79. The second-order valence-corrected chi connectivity index (χ2v) is 6.21. The van der Waals surface area contributed by atoms with Crippen molar-refractivity contribution in [1.82, 2.24) is 14.6 Å². The second kappa shape index (κ2) is 6.82. The Labute approximate surface area is 145 Å². The molecule has 1 aromatic carbocycles. The first-order chi connectivity index (χ1) is 11.1. The number of fused-ring (bicyclic) bond motifs is 1. The number of halogens is 3. The number of nitrogens with zero attached hydrogens (tertiary/aromatic N) is 3. The summed E-state index contributed by atoms with van der Waals surface area (Å²) in [6.45, 7) is -0.0501. The molecular weight excluding hydrogens is 387 g/mol. The number of rotatable bonds is 5. The third kappa shape index (κ3) is 3.31. The molecule has 0 spiro atoms.